The number of hydrogen-bond donors (Lipinski definition) is 0. The molecule has 0 aliphatic heterocycles. The van der Waals surface area contributed by atoms with Crippen LogP contribution < -0.4 is 4.74 Å². The van der Waals surface area contributed by atoms with E-state index in [2.05, 4.69) is 6.58 Å². The van der Waals surface area contributed by atoms with E-state index in [0.717, 1.165) is 12.1 Å². The highest BCUT2D eigenvalue weighted by molar-refractivity contribution is 5.85. The van der Waals surface area contributed by atoms with Gasteiger partial charge in [-0.15, -0.1) is 0 Å². The summed E-state index contributed by atoms with van der Waals surface area (Å²) in [5.74, 6) is -1.18. The first kappa shape index (κ1) is 16.3. The number of esters is 1. The predicted octanol–water partition coefficient (Wildman–Crippen LogP) is 2.89. The SMILES string of the molecule is C=CC(=O)Oc1c([N+](=O)[O-])cc([N+](=O)[O-])cc1C(C)(C)C. The molecular formula is C13H14N2O6. The maximum atomic E-state index is 11.4. The molecule has 112 valence electrons. The van der Waals surface area contributed by atoms with Gasteiger partial charge < -0.3 is 4.74 Å². The van der Waals surface area contributed by atoms with Crippen molar-refractivity contribution < 1.29 is 19.4 Å². The van der Waals surface area contributed by atoms with E-state index in [0.29, 0.717) is 0 Å². The molecule has 1 rings (SSSR count). The Bertz CT molecular complexity index is 630. The van der Waals surface area contributed by atoms with Gasteiger partial charge in [-0.05, 0) is 5.41 Å². The molecule has 21 heavy (non-hydrogen) atoms. The van der Waals surface area contributed by atoms with E-state index in [4.69, 9.17) is 4.74 Å². The molecule has 8 nitrogen and oxygen atoms in total. The largest absolute Gasteiger partial charge is 0.416 e. The van der Waals surface area contributed by atoms with Gasteiger partial charge in [0.05, 0.1) is 15.9 Å². The molecule has 0 amide bonds. The predicted molar refractivity (Wildman–Crippen MR) is 74.3 cm³/mol. The number of benzene rings is 1. The van der Waals surface area contributed by atoms with Crippen molar-refractivity contribution in [1.29, 1.82) is 0 Å². The highest BCUT2D eigenvalue weighted by Gasteiger charge is 2.32. The second-order valence-corrected chi connectivity index (χ2v) is 5.23. The van der Waals surface area contributed by atoms with Gasteiger partial charge in [0.25, 0.3) is 5.69 Å². The molecule has 1 aromatic carbocycles. The zero-order valence-electron chi connectivity index (χ0n) is 11.8. The molecule has 0 aliphatic rings. The molecule has 0 unspecified atom stereocenters. The highest BCUT2D eigenvalue weighted by Crippen LogP contribution is 2.41. The van der Waals surface area contributed by atoms with Crippen molar-refractivity contribution in [3.8, 4) is 5.75 Å². The number of nitrogens with zero attached hydrogens (tertiary/aromatic N) is 2. The van der Waals surface area contributed by atoms with Crippen LogP contribution in [0, 0.1) is 20.2 Å². The van der Waals surface area contributed by atoms with Crippen LogP contribution in [-0.2, 0) is 10.2 Å². The number of nitro groups is 2. The molecule has 8 heteroatoms. The van der Waals surface area contributed by atoms with Crippen LogP contribution in [-0.4, -0.2) is 15.8 Å². The minimum absolute atomic E-state index is 0.193. The molecule has 0 spiro atoms. The maximum absolute atomic E-state index is 11.4. The van der Waals surface area contributed by atoms with Crippen molar-refractivity contribution in [3.05, 3.63) is 50.6 Å². The summed E-state index contributed by atoms with van der Waals surface area (Å²) >= 11 is 0. The molecule has 0 bridgehead atoms. The lowest BCUT2D eigenvalue weighted by atomic mass is 9.85. The van der Waals surface area contributed by atoms with Crippen LogP contribution in [0.15, 0.2) is 24.8 Å². The Morgan fingerprint density at radius 2 is 1.81 bits per heavy atom. The normalized spacial score (nSPS) is 10.8. The molecular weight excluding hydrogens is 280 g/mol. The summed E-state index contributed by atoms with van der Waals surface area (Å²) in [4.78, 5) is 31.8. The molecule has 0 saturated heterocycles. The van der Waals surface area contributed by atoms with Crippen molar-refractivity contribution in [3.63, 3.8) is 0 Å². The molecule has 0 fully saturated rings. The minimum Gasteiger partial charge on any atom is -0.416 e. The van der Waals surface area contributed by atoms with Crippen LogP contribution in [0.4, 0.5) is 11.4 Å². The summed E-state index contributed by atoms with van der Waals surface area (Å²) in [6, 6.07) is 1.93. The number of hydrogen-bond acceptors (Lipinski definition) is 6. The van der Waals surface area contributed by atoms with Crippen molar-refractivity contribution >= 4 is 17.3 Å². The summed E-state index contributed by atoms with van der Waals surface area (Å²) in [5, 5.41) is 22.0. The first-order chi connectivity index (χ1) is 9.57. The summed E-state index contributed by atoms with van der Waals surface area (Å²) in [5.41, 5.74) is -1.58. The minimum atomic E-state index is -0.877. The van der Waals surface area contributed by atoms with Crippen molar-refractivity contribution in [2.45, 2.75) is 26.2 Å². The topological polar surface area (TPSA) is 113 Å². The summed E-state index contributed by atoms with van der Waals surface area (Å²) in [6.45, 7) is 8.30. The third-order valence-corrected chi connectivity index (χ3v) is 2.64. The average molecular weight is 294 g/mol. The Morgan fingerprint density at radius 1 is 1.24 bits per heavy atom. The van der Waals surface area contributed by atoms with Gasteiger partial charge in [0, 0.05) is 17.7 Å². The number of non-ortho nitro benzene ring substituents is 1. The highest BCUT2D eigenvalue weighted by atomic mass is 16.6. The molecule has 0 aliphatic carbocycles. The van der Waals surface area contributed by atoms with E-state index in [1.807, 2.05) is 0 Å². The van der Waals surface area contributed by atoms with E-state index in [9.17, 15) is 25.0 Å². The number of carbonyl (C=O) groups is 1. The standard InChI is InChI=1S/C13H14N2O6/c1-5-11(16)21-12-9(13(2,3)4)6-8(14(17)18)7-10(12)15(19)20/h5-7H,1H2,2-4H3. The van der Waals surface area contributed by atoms with E-state index < -0.39 is 32.6 Å². The van der Waals surface area contributed by atoms with E-state index >= 15 is 0 Å². The summed E-state index contributed by atoms with van der Waals surface area (Å²) in [6.07, 6.45) is 0.859. The van der Waals surface area contributed by atoms with Crippen molar-refractivity contribution in [2.75, 3.05) is 0 Å². The zero-order valence-corrected chi connectivity index (χ0v) is 11.8. The quantitative estimate of drug-likeness (QED) is 0.277. The number of nitro benzene ring substituents is 2. The molecule has 0 N–H and O–H groups in total. The third-order valence-electron chi connectivity index (χ3n) is 2.64. The Kier molecular flexibility index (Phi) is 4.42. The number of rotatable bonds is 4. The van der Waals surface area contributed by atoms with Gasteiger partial charge in [-0.25, -0.2) is 4.79 Å². The van der Waals surface area contributed by atoms with Crippen LogP contribution in [0.25, 0.3) is 0 Å². The van der Waals surface area contributed by atoms with E-state index in [1.165, 1.54) is 6.07 Å². The lowest BCUT2D eigenvalue weighted by Crippen LogP contribution is -2.17. The van der Waals surface area contributed by atoms with Crippen LogP contribution in [0.5, 0.6) is 5.75 Å². The van der Waals surface area contributed by atoms with Gasteiger partial charge >= 0.3 is 11.7 Å². The fourth-order valence-electron chi connectivity index (χ4n) is 1.65. The maximum Gasteiger partial charge on any atom is 0.335 e. The van der Waals surface area contributed by atoms with Gasteiger partial charge in [-0.3, -0.25) is 20.2 Å². The third kappa shape index (κ3) is 3.62. The first-order valence-electron chi connectivity index (χ1n) is 5.89. The second-order valence-electron chi connectivity index (χ2n) is 5.23. The van der Waals surface area contributed by atoms with Crippen molar-refractivity contribution in [2.24, 2.45) is 0 Å². The average Bonchev–Trinajstić information content (AvgIpc) is 2.36. The summed E-state index contributed by atoms with van der Waals surface area (Å²) in [7, 11) is 0. The zero-order chi connectivity index (χ0) is 16.4. The monoisotopic (exact) mass is 294 g/mol. The fraction of sp³-hybridized carbons (Fsp3) is 0.308. The van der Waals surface area contributed by atoms with Gasteiger partial charge in [-0.2, -0.15) is 0 Å². The molecule has 0 saturated carbocycles. The lowest BCUT2D eigenvalue weighted by Gasteiger charge is -2.21. The van der Waals surface area contributed by atoms with Crippen LogP contribution in [0.1, 0.15) is 26.3 Å². The van der Waals surface area contributed by atoms with Gasteiger partial charge in [-0.1, -0.05) is 27.4 Å². The van der Waals surface area contributed by atoms with E-state index in [1.54, 1.807) is 20.8 Å². The van der Waals surface area contributed by atoms with Crippen molar-refractivity contribution in [1.82, 2.24) is 0 Å². The molecule has 1 aromatic rings. The molecule has 0 radical (unpaired) electrons. The second kappa shape index (κ2) is 5.70. The Morgan fingerprint density at radius 3 is 2.19 bits per heavy atom. The molecule has 0 aromatic heterocycles. The molecule has 0 heterocycles. The molecule has 0 atom stereocenters. The lowest BCUT2D eigenvalue weighted by molar-refractivity contribution is -0.394. The Labute approximate surface area is 120 Å². The Hall–Kier alpha value is -2.77. The smallest absolute Gasteiger partial charge is 0.335 e. The van der Waals surface area contributed by atoms with Crippen LogP contribution >= 0.6 is 0 Å². The van der Waals surface area contributed by atoms with Gasteiger partial charge in [0.15, 0.2) is 0 Å². The summed E-state index contributed by atoms with van der Waals surface area (Å²) < 4.78 is 4.93. The van der Waals surface area contributed by atoms with E-state index in [-0.39, 0.29) is 11.3 Å². The van der Waals surface area contributed by atoms with Gasteiger partial charge in [0.2, 0.25) is 5.75 Å². The first-order valence-corrected chi connectivity index (χ1v) is 5.89. The number of ether oxygens (including phenoxy) is 1. The van der Waals surface area contributed by atoms with Crippen LogP contribution in [0.2, 0.25) is 0 Å². The van der Waals surface area contributed by atoms with Crippen LogP contribution in [0.3, 0.4) is 0 Å². The number of carbonyl (C=O) groups excluding carboxylic acids is 1. The fourth-order valence-corrected chi connectivity index (χ4v) is 1.65. The Balaban J connectivity index is 3.70. The van der Waals surface area contributed by atoms with Gasteiger partial charge in [0.1, 0.15) is 0 Å².